The summed E-state index contributed by atoms with van der Waals surface area (Å²) in [6.45, 7) is 4.34. The Bertz CT molecular complexity index is 1010. The van der Waals surface area contributed by atoms with Gasteiger partial charge in [-0.3, -0.25) is 9.69 Å². The second kappa shape index (κ2) is 8.74. The predicted molar refractivity (Wildman–Crippen MR) is 125 cm³/mol. The van der Waals surface area contributed by atoms with Crippen molar-refractivity contribution in [2.24, 2.45) is 0 Å². The van der Waals surface area contributed by atoms with E-state index in [9.17, 15) is 4.79 Å². The zero-order valence-corrected chi connectivity index (χ0v) is 18.8. The number of hydrogen-bond acceptors (Lipinski definition) is 3. The summed E-state index contributed by atoms with van der Waals surface area (Å²) in [7, 11) is 0. The molecule has 3 heterocycles. The molecule has 1 amide bonds. The van der Waals surface area contributed by atoms with Crippen molar-refractivity contribution in [3.05, 3.63) is 58.1 Å². The van der Waals surface area contributed by atoms with Crippen molar-refractivity contribution in [3.8, 4) is 0 Å². The number of nitrogens with zero attached hydrogens (tertiary/aromatic N) is 3. The molecule has 1 saturated heterocycles. The van der Waals surface area contributed by atoms with Gasteiger partial charge in [0.05, 0.1) is 10.2 Å². The van der Waals surface area contributed by atoms with Crippen LogP contribution in [-0.2, 0) is 6.54 Å². The Labute approximate surface area is 187 Å². The van der Waals surface area contributed by atoms with E-state index in [1.807, 2.05) is 24.3 Å². The normalized spacial score (nSPS) is 18.9. The third kappa shape index (κ3) is 4.03. The molecular weight excluding hydrogens is 414 g/mol. The van der Waals surface area contributed by atoms with Crippen LogP contribution in [0.25, 0.3) is 10.2 Å². The molecule has 4 nitrogen and oxygen atoms in total. The predicted octanol–water partition coefficient (Wildman–Crippen LogP) is 5.50. The van der Waals surface area contributed by atoms with Crippen LogP contribution in [0.1, 0.15) is 48.2 Å². The first-order chi connectivity index (χ1) is 14.7. The first-order valence-electron chi connectivity index (χ1n) is 11.0. The SMILES string of the molecule is O=C(c1cc2sccc2n1Cc1ccc(Cl)cc1)N1CCN(C2CCCCC2)CC1. The number of thiophene rings is 1. The van der Waals surface area contributed by atoms with E-state index >= 15 is 0 Å². The topological polar surface area (TPSA) is 28.5 Å². The minimum absolute atomic E-state index is 0.163. The highest BCUT2D eigenvalue weighted by molar-refractivity contribution is 7.17. The van der Waals surface area contributed by atoms with Crippen LogP contribution < -0.4 is 0 Å². The Hall–Kier alpha value is -1.82. The number of aromatic nitrogens is 1. The molecule has 5 rings (SSSR count). The monoisotopic (exact) mass is 441 g/mol. The Balaban J connectivity index is 1.33. The van der Waals surface area contributed by atoms with Crippen molar-refractivity contribution in [2.75, 3.05) is 26.2 Å². The highest BCUT2D eigenvalue weighted by Gasteiger charge is 2.29. The van der Waals surface area contributed by atoms with E-state index in [-0.39, 0.29) is 5.91 Å². The van der Waals surface area contributed by atoms with Gasteiger partial charge in [-0.15, -0.1) is 11.3 Å². The van der Waals surface area contributed by atoms with Gasteiger partial charge >= 0.3 is 0 Å². The summed E-state index contributed by atoms with van der Waals surface area (Å²) < 4.78 is 3.35. The summed E-state index contributed by atoms with van der Waals surface area (Å²) in [6.07, 6.45) is 6.76. The number of carbonyl (C=O) groups is 1. The average Bonchev–Trinajstić information content (AvgIpc) is 3.38. The maximum Gasteiger partial charge on any atom is 0.270 e. The van der Waals surface area contributed by atoms with Crippen LogP contribution in [0.3, 0.4) is 0 Å². The largest absolute Gasteiger partial charge is 0.335 e. The van der Waals surface area contributed by atoms with Gasteiger partial charge in [0.1, 0.15) is 5.69 Å². The van der Waals surface area contributed by atoms with Crippen molar-refractivity contribution in [1.82, 2.24) is 14.4 Å². The number of carbonyl (C=O) groups excluding carboxylic acids is 1. The fourth-order valence-electron chi connectivity index (χ4n) is 5.00. The highest BCUT2D eigenvalue weighted by Crippen LogP contribution is 2.28. The molecule has 30 heavy (non-hydrogen) atoms. The molecule has 0 unspecified atom stereocenters. The molecule has 158 valence electrons. The molecule has 0 bridgehead atoms. The number of benzene rings is 1. The Kier molecular flexibility index (Phi) is 5.85. The van der Waals surface area contributed by atoms with Crippen LogP contribution in [0, 0.1) is 0 Å². The summed E-state index contributed by atoms with van der Waals surface area (Å²) in [5, 5.41) is 2.83. The fraction of sp³-hybridized carbons (Fsp3) is 0.458. The van der Waals surface area contributed by atoms with Crippen molar-refractivity contribution < 1.29 is 4.79 Å². The minimum atomic E-state index is 0.163. The lowest BCUT2D eigenvalue weighted by atomic mass is 9.94. The maximum absolute atomic E-state index is 13.5. The van der Waals surface area contributed by atoms with Crippen LogP contribution in [-0.4, -0.2) is 52.5 Å². The quantitative estimate of drug-likeness (QED) is 0.535. The van der Waals surface area contributed by atoms with Gasteiger partial charge in [0.25, 0.3) is 5.91 Å². The highest BCUT2D eigenvalue weighted by atomic mass is 35.5. The van der Waals surface area contributed by atoms with Gasteiger partial charge in [0.2, 0.25) is 0 Å². The van der Waals surface area contributed by atoms with Crippen LogP contribution in [0.15, 0.2) is 41.8 Å². The minimum Gasteiger partial charge on any atom is -0.335 e. The number of fused-ring (bicyclic) bond motifs is 1. The third-order valence-corrected chi connectivity index (χ3v) is 7.79. The Morgan fingerprint density at radius 1 is 1.00 bits per heavy atom. The molecule has 0 N–H and O–H groups in total. The van der Waals surface area contributed by atoms with Gasteiger partial charge in [-0.2, -0.15) is 0 Å². The van der Waals surface area contributed by atoms with Gasteiger partial charge in [0, 0.05) is 43.8 Å². The molecule has 0 spiro atoms. The van der Waals surface area contributed by atoms with Gasteiger partial charge in [-0.1, -0.05) is 43.0 Å². The number of amides is 1. The zero-order valence-electron chi connectivity index (χ0n) is 17.2. The van der Waals surface area contributed by atoms with Crippen molar-refractivity contribution >= 4 is 39.1 Å². The summed E-state index contributed by atoms with van der Waals surface area (Å²) in [4.78, 5) is 18.2. The van der Waals surface area contributed by atoms with E-state index < -0.39 is 0 Å². The van der Waals surface area contributed by atoms with Crippen molar-refractivity contribution in [2.45, 2.75) is 44.7 Å². The summed E-state index contributed by atoms with van der Waals surface area (Å²) >= 11 is 7.75. The second-order valence-corrected chi connectivity index (χ2v) is 9.92. The van der Waals surface area contributed by atoms with Gasteiger partial charge in [0.15, 0.2) is 0 Å². The Morgan fingerprint density at radius 2 is 1.73 bits per heavy atom. The van der Waals surface area contributed by atoms with Crippen LogP contribution >= 0.6 is 22.9 Å². The summed E-state index contributed by atoms with van der Waals surface area (Å²) in [5.74, 6) is 0.163. The van der Waals surface area contributed by atoms with Crippen LogP contribution in [0.2, 0.25) is 5.02 Å². The third-order valence-electron chi connectivity index (χ3n) is 6.69. The number of hydrogen-bond donors (Lipinski definition) is 0. The molecule has 2 aliphatic rings. The molecule has 2 aromatic heterocycles. The van der Waals surface area contributed by atoms with E-state index in [2.05, 4.69) is 31.9 Å². The molecule has 1 aliphatic carbocycles. The summed E-state index contributed by atoms with van der Waals surface area (Å²) in [5.41, 5.74) is 3.09. The van der Waals surface area contributed by atoms with Crippen LogP contribution in [0.4, 0.5) is 0 Å². The molecule has 3 aromatic rings. The molecule has 1 saturated carbocycles. The lowest BCUT2D eigenvalue weighted by molar-refractivity contribution is 0.0515. The van der Waals surface area contributed by atoms with Gasteiger partial charge in [-0.05, 0) is 48.1 Å². The van der Waals surface area contributed by atoms with E-state index in [1.165, 1.54) is 36.8 Å². The van der Waals surface area contributed by atoms with Gasteiger partial charge in [-0.25, -0.2) is 0 Å². The molecule has 2 fully saturated rings. The number of piperazine rings is 1. The number of rotatable bonds is 4. The number of halogens is 1. The average molecular weight is 442 g/mol. The van der Waals surface area contributed by atoms with E-state index in [4.69, 9.17) is 11.6 Å². The lowest BCUT2D eigenvalue weighted by Gasteiger charge is -2.40. The second-order valence-electron chi connectivity index (χ2n) is 8.53. The first kappa shape index (κ1) is 20.1. The van der Waals surface area contributed by atoms with Crippen molar-refractivity contribution in [3.63, 3.8) is 0 Å². The van der Waals surface area contributed by atoms with E-state index in [0.717, 1.165) is 54.0 Å². The fourth-order valence-corrected chi connectivity index (χ4v) is 5.94. The van der Waals surface area contributed by atoms with E-state index in [0.29, 0.717) is 6.54 Å². The maximum atomic E-state index is 13.5. The molecule has 1 aromatic carbocycles. The molecule has 1 aliphatic heterocycles. The standard InChI is InChI=1S/C24H28ClN3OS/c25-19-8-6-18(7-9-19)17-28-21-10-15-30-23(21)16-22(28)24(29)27-13-11-26(12-14-27)20-4-2-1-3-5-20/h6-10,15-16,20H,1-5,11-14,17H2. The first-order valence-corrected chi connectivity index (χ1v) is 12.3. The van der Waals surface area contributed by atoms with Gasteiger partial charge < -0.3 is 9.47 Å². The van der Waals surface area contributed by atoms with E-state index in [1.54, 1.807) is 11.3 Å². The molecule has 0 atom stereocenters. The molecular formula is C24H28ClN3OS. The lowest BCUT2D eigenvalue weighted by Crippen LogP contribution is -2.52. The smallest absolute Gasteiger partial charge is 0.270 e. The van der Waals surface area contributed by atoms with Crippen LogP contribution in [0.5, 0.6) is 0 Å². The Morgan fingerprint density at radius 3 is 2.47 bits per heavy atom. The molecule has 6 heteroatoms. The zero-order chi connectivity index (χ0) is 20.5. The summed E-state index contributed by atoms with van der Waals surface area (Å²) in [6, 6.07) is 12.8. The molecule has 0 radical (unpaired) electrons. The van der Waals surface area contributed by atoms with Crippen molar-refractivity contribution in [1.29, 1.82) is 0 Å².